The summed E-state index contributed by atoms with van der Waals surface area (Å²) in [7, 11) is 0. The minimum Gasteiger partial charge on any atom is -0.492 e. The Kier molecular flexibility index (Phi) is 5.94. The van der Waals surface area contributed by atoms with Gasteiger partial charge in [0.15, 0.2) is 6.61 Å². The molecule has 0 saturated heterocycles. The summed E-state index contributed by atoms with van der Waals surface area (Å²) >= 11 is 0. The van der Waals surface area contributed by atoms with Crippen molar-refractivity contribution in [2.24, 2.45) is 0 Å². The topological polar surface area (TPSA) is 47.6 Å². The van der Waals surface area contributed by atoms with Crippen LogP contribution in [0.15, 0.2) is 42.5 Å². The molecule has 0 heterocycles. The summed E-state index contributed by atoms with van der Waals surface area (Å²) in [6, 6.07) is 14.0. The molecular weight excluding hydrogens is 314 g/mol. The summed E-state index contributed by atoms with van der Waals surface area (Å²) in [6.45, 7) is 2.96. The summed E-state index contributed by atoms with van der Waals surface area (Å²) in [4.78, 5) is 11.9. The smallest absolute Gasteiger partial charge is 0.258 e. The number of ether oxygens (including phenoxy) is 2. The fraction of sp³-hybridized carbons (Fsp3) is 0.381. The molecule has 1 aliphatic carbocycles. The number of hydrogen-bond donors (Lipinski definition) is 1. The first kappa shape index (κ1) is 17.3. The maximum Gasteiger partial charge on any atom is 0.258 e. The van der Waals surface area contributed by atoms with Gasteiger partial charge in [0.2, 0.25) is 0 Å². The van der Waals surface area contributed by atoms with Gasteiger partial charge in [-0.2, -0.15) is 0 Å². The van der Waals surface area contributed by atoms with Crippen LogP contribution in [0.2, 0.25) is 0 Å². The van der Waals surface area contributed by atoms with Gasteiger partial charge in [0, 0.05) is 0 Å². The summed E-state index contributed by atoms with van der Waals surface area (Å²) < 4.78 is 11.2. The van der Waals surface area contributed by atoms with E-state index >= 15 is 0 Å². The third kappa shape index (κ3) is 5.24. The molecule has 2 aromatic carbocycles. The molecule has 0 radical (unpaired) electrons. The standard InChI is InChI=1S/C21H25NO3/c1-16-6-9-19(10-7-16)24-13-12-22-21(23)15-25-20-11-8-17-4-2-3-5-18(17)14-20/h6-11,14H,2-5,12-13,15H2,1H3,(H,22,23). The molecule has 0 aromatic heterocycles. The Balaban J connectivity index is 1.36. The van der Waals surface area contributed by atoms with Crippen molar-refractivity contribution in [3.63, 3.8) is 0 Å². The van der Waals surface area contributed by atoms with Gasteiger partial charge in [-0.1, -0.05) is 23.8 Å². The van der Waals surface area contributed by atoms with Crippen LogP contribution in [0, 0.1) is 6.92 Å². The molecular formula is C21H25NO3. The number of carbonyl (C=O) groups excluding carboxylic acids is 1. The number of benzene rings is 2. The first-order valence-corrected chi connectivity index (χ1v) is 8.91. The van der Waals surface area contributed by atoms with E-state index in [4.69, 9.17) is 9.47 Å². The van der Waals surface area contributed by atoms with Crippen molar-refractivity contribution in [1.82, 2.24) is 5.32 Å². The van der Waals surface area contributed by atoms with Crippen LogP contribution in [-0.4, -0.2) is 25.7 Å². The fourth-order valence-corrected chi connectivity index (χ4v) is 2.99. The van der Waals surface area contributed by atoms with Gasteiger partial charge >= 0.3 is 0 Å². The molecule has 0 fully saturated rings. The lowest BCUT2D eigenvalue weighted by atomic mass is 9.92. The first-order valence-electron chi connectivity index (χ1n) is 8.91. The Morgan fingerprint density at radius 2 is 1.68 bits per heavy atom. The lowest BCUT2D eigenvalue weighted by Crippen LogP contribution is -2.32. The van der Waals surface area contributed by atoms with Gasteiger partial charge in [-0.15, -0.1) is 0 Å². The second kappa shape index (κ2) is 8.56. The summed E-state index contributed by atoms with van der Waals surface area (Å²) in [6.07, 6.45) is 4.75. The van der Waals surface area contributed by atoms with E-state index in [1.807, 2.05) is 37.3 Å². The van der Waals surface area contributed by atoms with E-state index in [1.165, 1.54) is 29.5 Å². The van der Waals surface area contributed by atoms with Crippen molar-refractivity contribution in [2.45, 2.75) is 32.6 Å². The Morgan fingerprint density at radius 1 is 0.960 bits per heavy atom. The van der Waals surface area contributed by atoms with Gasteiger partial charge in [0.1, 0.15) is 18.1 Å². The molecule has 0 spiro atoms. The molecule has 1 amide bonds. The number of nitrogens with one attached hydrogen (secondary N) is 1. The second-order valence-corrected chi connectivity index (χ2v) is 6.44. The molecule has 132 valence electrons. The summed E-state index contributed by atoms with van der Waals surface area (Å²) in [5.41, 5.74) is 3.96. The van der Waals surface area contributed by atoms with Crippen molar-refractivity contribution in [3.8, 4) is 11.5 Å². The third-order valence-electron chi connectivity index (χ3n) is 4.40. The molecule has 0 unspecified atom stereocenters. The van der Waals surface area contributed by atoms with Crippen molar-refractivity contribution in [1.29, 1.82) is 0 Å². The van der Waals surface area contributed by atoms with E-state index in [0.717, 1.165) is 24.3 Å². The quantitative estimate of drug-likeness (QED) is 0.786. The van der Waals surface area contributed by atoms with Crippen LogP contribution in [0.1, 0.15) is 29.5 Å². The van der Waals surface area contributed by atoms with Crippen LogP contribution >= 0.6 is 0 Å². The summed E-state index contributed by atoms with van der Waals surface area (Å²) in [5.74, 6) is 1.45. The first-order chi connectivity index (χ1) is 12.2. The van der Waals surface area contributed by atoms with Crippen molar-refractivity contribution >= 4 is 5.91 Å². The van der Waals surface area contributed by atoms with Crippen LogP contribution in [0.3, 0.4) is 0 Å². The van der Waals surface area contributed by atoms with Crippen molar-refractivity contribution in [2.75, 3.05) is 19.8 Å². The predicted octanol–water partition coefficient (Wildman–Crippen LogP) is 3.45. The van der Waals surface area contributed by atoms with Crippen molar-refractivity contribution in [3.05, 3.63) is 59.2 Å². The molecule has 0 bridgehead atoms. The molecule has 4 heteroatoms. The monoisotopic (exact) mass is 339 g/mol. The van der Waals surface area contributed by atoms with E-state index in [-0.39, 0.29) is 12.5 Å². The van der Waals surface area contributed by atoms with E-state index in [0.29, 0.717) is 13.2 Å². The van der Waals surface area contributed by atoms with Crippen LogP contribution < -0.4 is 14.8 Å². The Hall–Kier alpha value is -2.49. The van der Waals surface area contributed by atoms with Crippen LogP contribution in [-0.2, 0) is 17.6 Å². The van der Waals surface area contributed by atoms with Crippen LogP contribution in [0.25, 0.3) is 0 Å². The van der Waals surface area contributed by atoms with E-state index in [2.05, 4.69) is 17.4 Å². The minimum atomic E-state index is -0.134. The maximum atomic E-state index is 11.9. The fourth-order valence-electron chi connectivity index (χ4n) is 2.99. The van der Waals surface area contributed by atoms with Gasteiger partial charge in [0.25, 0.3) is 5.91 Å². The lowest BCUT2D eigenvalue weighted by Gasteiger charge is -2.16. The predicted molar refractivity (Wildman–Crippen MR) is 98.3 cm³/mol. The van der Waals surface area contributed by atoms with E-state index < -0.39 is 0 Å². The van der Waals surface area contributed by atoms with Gasteiger partial charge in [-0.25, -0.2) is 0 Å². The number of fused-ring (bicyclic) bond motifs is 1. The largest absolute Gasteiger partial charge is 0.492 e. The minimum absolute atomic E-state index is 0.0311. The van der Waals surface area contributed by atoms with E-state index in [9.17, 15) is 4.79 Å². The maximum absolute atomic E-state index is 11.9. The molecule has 2 aromatic rings. The molecule has 25 heavy (non-hydrogen) atoms. The molecule has 0 aliphatic heterocycles. The molecule has 4 nitrogen and oxygen atoms in total. The van der Waals surface area contributed by atoms with Crippen LogP contribution in [0.4, 0.5) is 0 Å². The molecule has 0 saturated carbocycles. The average Bonchev–Trinajstić information content (AvgIpc) is 2.65. The zero-order valence-electron chi connectivity index (χ0n) is 14.7. The molecule has 0 atom stereocenters. The molecule has 3 rings (SSSR count). The van der Waals surface area contributed by atoms with Crippen molar-refractivity contribution < 1.29 is 14.3 Å². The Labute approximate surface area is 149 Å². The Morgan fingerprint density at radius 3 is 2.48 bits per heavy atom. The SMILES string of the molecule is Cc1ccc(OCCNC(=O)COc2ccc3c(c2)CCCC3)cc1. The highest BCUT2D eigenvalue weighted by atomic mass is 16.5. The molecule has 1 aliphatic rings. The number of rotatable bonds is 7. The number of amides is 1. The lowest BCUT2D eigenvalue weighted by molar-refractivity contribution is -0.123. The zero-order valence-corrected chi connectivity index (χ0v) is 14.7. The van der Waals surface area contributed by atoms with Gasteiger partial charge in [-0.3, -0.25) is 4.79 Å². The number of carbonyl (C=O) groups is 1. The third-order valence-corrected chi connectivity index (χ3v) is 4.40. The normalized spacial score (nSPS) is 13.0. The van der Waals surface area contributed by atoms with Crippen LogP contribution in [0.5, 0.6) is 11.5 Å². The molecule has 1 N–H and O–H groups in total. The number of hydrogen-bond acceptors (Lipinski definition) is 3. The highest BCUT2D eigenvalue weighted by Crippen LogP contribution is 2.25. The average molecular weight is 339 g/mol. The Bertz CT molecular complexity index is 710. The highest BCUT2D eigenvalue weighted by Gasteiger charge is 2.10. The van der Waals surface area contributed by atoms with Gasteiger partial charge in [0.05, 0.1) is 6.54 Å². The number of aryl methyl sites for hydroxylation is 3. The highest BCUT2D eigenvalue weighted by molar-refractivity contribution is 5.77. The zero-order chi connectivity index (χ0) is 17.5. The summed E-state index contributed by atoms with van der Waals surface area (Å²) in [5, 5.41) is 2.81. The second-order valence-electron chi connectivity index (χ2n) is 6.44. The van der Waals surface area contributed by atoms with Gasteiger partial charge < -0.3 is 14.8 Å². The van der Waals surface area contributed by atoms with E-state index in [1.54, 1.807) is 0 Å². The van der Waals surface area contributed by atoms with Gasteiger partial charge in [-0.05, 0) is 68.0 Å².